The molecular weight excluding hydrogens is 747 g/mol. The largest absolute Gasteiger partial charge is 0.311 e. The van der Waals surface area contributed by atoms with E-state index in [1.54, 1.807) is 0 Å². The number of hydrogen-bond donors (Lipinski definition) is 0. The maximum absolute atomic E-state index is 2.43. The molecule has 0 unspecified atom stereocenters. The first-order chi connectivity index (χ1) is 29.8. The van der Waals surface area contributed by atoms with Crippen LogP contribution in [0.2, 0.25) is 0 Å². The van der Waals surface area contributed by atoms with E-state index in [1.807, 2.05) is 11.3 Å². The quantitative estimate of drug-likeness (QED) is 0.157. The van der Waals surface area contributed by atoms with Crippen molar-refractivity contribution < 1.29 is 0 Å². The van der Waals surface area contributed by atoms with Crippen molar-refractivity contribution in [2.24, 2.45) is 0 Å². The van der Waals surface area contributed by atoms with Crippen molar-refractivity contribution >= 4 is 81.4 Å². The predicted molar refractivity (Wildman–Crippen MR) is 256 cm³/mol. The molecule has 12 aromatic rings. The average molecular weight is 784 g/mol. The number of thiophene rings is 1. The third-order valence-corrected chi connectivity index (χ3v) is 13.1. The van der Waals surface area contributed by atoms with Crippen molar-refractivity contribution in [2.45, 2.75) is 0 Å². The number of nitrogens with zero attached hydrogens (tertiary/aromatic N) is 3. The molecule has 0 amide bonds. The molecule has 0 radical (unpaired) electrons. The van der Waals surface area contributed by atoms with E-state index >= 15 is 0 Å². The van der Waals surface area contributed by atoms with Gasteiger partial charge in [-0.1, -0.05) is 133 Å². The van der Waals surface area contributed by atoms with Gasteiger partial charge in [-0.05, 0) is 113 Å². The Morgan fingerprint density at radius 3 is 1.40 bits per heavy atom. The summed E-state index contributed by atoms with van der Waals surface area (Å²) in [5, 5.41) is 5.10. The Kier molecular flexibility index (Phi) is 8.03. The Labute approximate surface area is 351 Å². The van der Waals surface area contributed by atoms with Crippen molar-refractivity contribution in [1.82, 2.24) is 9.13 Å². The summed E-state index contributed by atoms with van der Waals surface area (Å²) in [7, 11) is 0. The molecule has 0 atom stereocenters. The van der Waals surface area contributed by atoms with E-state index in [-0.39, 0.29) is 0 Å². The van der Waals surface area contributed by atoms with Crippen LogP contribution in [0, 0.1) is 0 Å². The van der Waals surface area contributed by atoms with Crippen molar-refractivity contribution in [3.05, 3.63) is 224 Å². The number of hydrogen-bond acceptors (Lipinski definition) is 2. The topological polar surface area (TPSA) is 13.1 Å². The second kappa shape index (κ2) is 14.0. The van der Waals surface area contributed by atoms with Crippen LogP contribution in [0.1, 0.15) is 0 Å². The molecule has 3 aromatic heterocycles. The van der Waals surface area contributed by atoms with Gasteiger partial charge in [0, 0.05) is 54.7 Å². The minimum atomic E-state index is 1.09. The van der Waals surface area contributed by atoms with Gasteiger partial charge in [0.1, 0.15) is 0 Å². The van der Waals surface area contributed by atoms with E-state index in [9.17, 15) is 0 Å². The fourth-order valence-corrected chi connectivity index (χ4v) is 10.3. The first-order valence-electron chi connectivity index (χ1n) is 20.4. The van der Waals surface area contributed by atoms with Gasteiger partial charge in [-0.15, -0.1) is 11.3 Å². The molecule has 0 bridgehead atoms. The van der Waals surface area contributed by atoms with E-state index in [4.69, 9.17) is 0 Å². The van der Waals surface area contributed by atoms with Crippen molar-refractivity contribution in [1.29, 1.82) is 0 Å². The number of benzene rings is 9. The van der Waals surface area contributed by atoms with Crippen molar-refractivity contribution in [3.63, 3.8) is 0 Å². The summed E-state index contributed by atoms with van der Waals surface area (Å²) < 4.78 is 7.44. The van der Waals surface area contributed by atoms with E-state index in [2.05, 4.69) is 238 Å². The molecular formula is C56H37N3S. The number of anilines is 3. The lowest BCUT2D eigenvalue weighted by molar-refractivity contribution is 1.17. The summed E-state index contributed by atoms with van der Waals surface area (Å²) in [6.07, 6.45) is 0. The zero-order valence-electron chi connectivity index (χ0n) is 32.6. The van der Waals surface area contributed by atoms with Crippen LogP contribution in [0.3, 0.4) is 0 Å². The van der Waals surface area contributed by atoms with Crippen molar-refractivity contribution in [2.75, 3.05) is 4.90 Å². The van der Waals surface area contributed by atoms with Crippen LogP contribution in [0.25, 0.3) is 86.6 Å². The highest BCUT2D eigenvalue weighted by Crippen LogP contribution is 2.44. The Balaban J connectivity index is 0.956. The fraction of sp³-hybridized carbons (Fsp3) is 0. The number of aromatic nitrogens is 2. The molecule has 3 nitrogen and oxygen atoms in total. The highest BCUT2D eigenvalue weighted by atomic mass is 32.1. The Bertz CT molecular complexity index is 3450. The van der Waals surface area contributed by atoms with Gasteiger partial charge in [0.05, 0.1) is 26.8 Å². The minimum Gasteiger partial charge on any atom is -0.311 e. The predicted octanol–water partition coefficient (Wildman–Crippen LogP) is 15.9. The molecule has 0 aliphatic carbocycles. The van der Waals surface area contributed by atoms with Crippen LogP contribution < -0.4 is 4.90 Å². The van der Waals surface area contributed by atoms with Gasteiger partial charge < -0.3 is 14.0 Å². The van der Waals surface area contributed by atoms with Crippen molar-refractivity contribution in [3.8, 4) is 33.6 Å². The maximum atomic E-state index is 2.43. The molecule has 0 spiro atoms. The lowest BCUT2D eigenvalue weighted by atomic mass is 10.0. The Morgan fingerprint density at radius 2 is 0.767 bits per heavy atom. The standard InChI is InChI=1S/C56H37N3S/c1-3-13-38(14-4-1)39-23-28-43(29-24-39)57(45-32-34-46(35-33-45)58-51-20-10-7-17-47(51)48-18-8-11-21-52(48)58)44-30-25-40(26-31-44)41-27-36-53-50(37-41)56-55(49-19-9-12-22-54(49)60-56)59(53)42-15-5-2-6-16-42/h1-37H. The van der Waals surface area contributed by atoms with Gasteiger partial charge in [-0.3, -0.25) is 0 Å². The monoisotopic (exact) mass is 783 g/mol. The van der Waals surface area contributed by atoms with Gasteiger partial charge in [0.15, 0.2) is 0 Å². The van der Waals surface area contributed by atoms with Crippen LogP contribution in [0.4, 0.5) is 17.1 Å². The van der Waals surface area contributed by atoms with Crippen LogP contribution in [0.15, 0.2) is 224 Å². The van der Waals surface area contributed by atoms with Gasteiger partial charge in [0.2, 0.25) is 0 Å². The summed E-state index contributed by atoms with van der Waals surface area (Å²) in [6, 6.07) is 81.4. The van der Waals surface area contributed by atoms with Crippen LogP contribution in [-0.2, 0) is 0 Å². The van der Waals surface area contributed by atoms with E-state index in [1.165, 1.54) is 81.0 Å². The summed E-state index contributed by atoms with van der Waals surface area (Å²) in [5.41, 5.74) is 15.3. The van der Waals surface area contributed by atoms with Crippen LogP contribution >= 0.6 is 11.3 Å². The molecule has 0 N–H and O–H groups in total. The molecule has 3 heterocycles. The van der Waals surface area contributed by atoms with E-state index < -0.39 is 0 Å². The fourth-order valence-electron chi connectivity index (χ4n) is 9.13. The Hall–Kier alpha value is -7.66. The van der Waals surface area contributed by atoms with E-state index in [0.29, 0.717) is 0 Å². The molecule has 0 aliphatic heterocycles. The summed E-state index contributed by atoms with van der Waals surface area (Å²) in [5.74, 6) is 0. The highest BCUT2D eigenvalue weighted by molar-refractivity contribution is 7.26. The first-order valence-corrected chi connectivity index (χ1v) is 21.2. The molecule has 4 heteroatoms. The minimum absolute atomic E-state index is 1.09. The first kappa shape index (κ1) is 34.4. The Morgan fingerprint density at radius 1 is 0.317 bits per heavy atom. The number of fused-ring (bicyclic) bond motifs is 8. The smallest absolute Gasteiger partial charge is 0.0727 e. The molecule has 9 aromatic carbocycles. The van der Waals surface area contributed by atoms with Gasteiger partial charge in [0.25, 0.3) is 0 Å². The molecule has 0 aliphatic rings. The van der Waals surface area contributed by atoms with Gasteiger partial charge in [-0.25, -0.2) is 0 Å². The SMILES string of the molecule is c1ccc(-c2ccc(N(c3ccc(-c4ccc5c(c4)c4sc6ccccc6c4n5-c4ccccc4)cc3)c3ccc(-n4c5ccccc5c5ccccc54)cc3)cc2)cc1. The summed E-state index contributed by atoms with van der Waals surface area (Å²) in [4.78, 5) is 2.36. The molecule has 60 heavy (non-hydrogen) atoms. The summed E-state index contributed by atoms with van der Waals surface area (Å²) >= 11 is 1.88. The maximum Gasteiger partial charge on any atom is 0.0727 e. The van der Waals surface area contributed by atoms with E-state index in [0.717, 1.165) is 22.7 Å². The lowest BCUT2D eigenvalue weighted by Gasteiger charge is -2.26. The number of rotatable bonds is 7. The molecule has 12 rings (SSSR count). The number of para-hydroxylation sites is 3. The third kappa shape index (κ3) is 5.57. The van der Waals surface area contributed by atoms with Gasteiger partial charge in [-0.2, -0.15) is 0 Å². The van der Waals surface area contributed by atoms with Crippen LogP contribution in [0.5, 0.6) is 0 Å². The molecule has 0 saturated carbocycles. The zero-order valence-corrected chi connectivity index (χ0v) is 33.4. The molecule has 0 fully saturated rings. The summed E-state index contributed by atoms with van der Waals surface area (Å²) in [6.45, 7) is 0. The second-order valence-electron chi connectivity index (χ2n) is 15.4. The van der Waals surface area contributed by atoms with Gasteiger partial charge >= 0.3 is 0 Å². The normalized spacial score (nSPS) is 11.7. The lowest BCUT2D eigenvalue weighted by Crippen LogP contribution is -2.10. The highest BCUT2D eigenvalue weighted by Gasteiger charge is 2.20. The molecule has 282 valence electrons. The molecule has 0 saturated heterocycles. The average Bonchev–Trinajstić information content (AvgIpc) is 3.97. The zero-order chi connectivity index (χ0) is 39.6. The second-order valence-corrected chi connectivity index (χ2v) is 16.4. The third-order valence-electron chi connectivity index (χ3n) is 11.9. The van der Waals surface area contributed by atoms with Crippen LogP contribution in [-0.4, -0.2) is 9.13 Å².